The van der Waals surface area contributed by atoms with Crippen molar-refractivity contribution in [2.45, 2.75) is 36.9 Å². The molecule has 1 aliphatic carbocycles. The first-order chi connectivity index (χ1) is 11.8. The minimum absolute atomic E-state index is 0.0551. The van der Waals surface area contributed by atoms with Gasteiger partial charge < -0.3 is 9.84 Å². The molecule has 1 aromatic carbocycles. The van der Waals surface area contributed by atoms with Crippen molar-refractivity contribution in [3.63, 3.8) is 0 Å². The van der Waals surface area contributed by atoms with Crippen molar-refractivity contribution in [2.75, 3.05) is 25.6 Å². The van der Waals surface area contributed by atoms with E-state index in [0.29, 0.717) is 24.3 Å². The maximum atomic E-state index is 8.75. The Morgan fingerprint density at radius 3 is 2.75 bits per heavy atom. The number of nitrogens with zero attached hydrogens (tertiary/aromatic N) is 3. The molecule has 3 rings (SSSR count). The average Bonchev–Trinajstić information content (AvgIpc) is 3.24. The normalized spacial score (nSPS) is 15.2. The summed E-state index contributed by atoms with van der Waals surface area (Å²) in [6, 6.07) is 8.23. The van der Waals surface area contributed by atoms with Crippen LogP contribution in [0.3, 0.4) is 0 Å². The van der Waals surface area contributed by atoms with Crippen LogP contribution in [0.2, 0.25) is 5.02 Å². The molecule has 0 unspecified atom stereocenters. The average molecular weight is 368 g/mol. The second kappa shape index (κ2) is 8.85. The number of hydrogen-bond acceptors (Lipinski definition) is 5. The van der Waals surface area contributed by atoms with Crippen LogP contribution >= 0.6 is 23.4 Å². The fourth-order valence-electron chi connectivity index (χ4n) is 3.05. The Morgan fingerprint density at radius 1 is 1.21 bits per heavy atom. The van der Waals surface area contributed by atoms with Gasteiger partial charge in [0.15, 0.2) is 11.0 Å². The Morgan fingerprint density at radius 2 is 2.00 bits per heavy atom. The van der Waals surface area contributed by atoms with Crippen LogP contribution < -0.4 is 0 Å². The number of halogens is 1. The Labute approximate surface area is 151 Å². The summed E-state index contributed by atoms with van der Waals surface area (Å²) < 4.78 is 7.59. The smallest absolute Gasteiger partial charge is 0.191 e. The van der Waals surface area contributed by atoms with Gasteiger partial charge in [-0.15, -0.1) is 10.2 Å². The molecule has 0 atom stereocenters. The van der Waals surface area contributed by atoms with Crippen molar-refractivity contribution in [1.82, 2.24) is 14.8 Å². The molecule has 7 heteroatoms. The van der Waals surface area contributed by atoms with Gasteiger partial charge in [-0.3, -0.25) is 4.57 Å². The van der Waals surface area contributed by atoms with Gasteiger partial charge in [-0.1, -0.05) is 48.3 Å². The SMILES string of the molecule is OCCOCCSc1nnc(-c2ccccc2Cl)n1C1CCCC1. The molecule has 1 saturated carbocycles. The molecule has 0 radical (unpaired) electrons. The zero-order valence-electron chi connectivity index (χ0n) is 13.5. The highest BCUT2D eigenvalue weighted by molar-refractivity contribution is 7.99. The maximum Gasteiger partial charge on any atom is 0.191 e. The van der Waals surface area contributed by atoms with Crippen molar-refractivity contribution < 1.29 is 9.84 Å². The van der Waals surface area contributed by atoms with Gasteiger partial charge in [0.05, 0.1) is 24.8 Å². The van der Waals surface area contributed by atoms with Crippen LogP contribution in [0.5, 0.6) is 0 Å². The first-order valence-electron chi connectivity index (χ1n) is 8.32. The maximum absolute atomic E-state index is 8.75. The lowest BCUT2D eigenvalue weighted by atomic mass is 10.2. The molecule has 1 heterocycles. The van der Waals surface area contributed by atoms with E-state index in [1.165, 1.54) is 12.8 Å². The van der Waals surface area contributed by atoms with Gasteiger partial charge in [0, 0.05) is 17.4 Å². The van der Waals surface area contributed by atoms with E-state index in [1.807, 2.05) is 24.3 Å². The summed E-state index contributed by atoms with van der Waals surface area (Å²) in [7, 11) is 0. The summed E-state index contributed by atoms with van der Waals surface area (Å²) in [6.45, 7) is 1.02. The molecule has 0 bridgehead atoms. The summed E-state index contributed by atoms with van der Waals surface area (Å²) in [5.74, 6) is 1.64. The van der Waals surface area contributed by atoms with Crippen molar-refractivity contribution >= 4 is 23.4 Å². The summed E-state index contributed by atoms with van der Waals surface area (Å²) >= 11 is 8.02. The molecule has 130 valence electrons. The summed E-state index contributed by atoms with van der Waals surface area (Å²) in [5.41, 5.74) is 0.932. The quantitative estimate of drug-likeness (QED) is 0.567. The lowest BCUT2D eigenvalue weighted by Crippen LogP contribution is -2.09. The van der Waals surface area contributed by atoms with E-state index in [9.17, 15) is 0 Å². The number of rotatable bonds is 8. The van der Waals surface area contributed by atoms with Crippen molar-refractivity contribution in [2.24, 2.45) is 0 Å². The van der Waals surface area contributed by atoms with E-state index in [1.54, 1.807) is 11.8 Å². The Balaban J connectivity index is 1.82. The van der Waals surface area contributed by atoms with Gasteiger partial charge in [0.1, 0.15) is 0 Å². The molecule has 1 N–H and O–H groups in total. The number of ether oxygens (including phenoxy) is 1. The first kappa shape index (κ1) is 17.7. The molecule has 0 spiro atoms. The third kappa shape index (κ3) is 4.11. The number of thioether (sulfide) groups is 1. The molecule has 1 fully saturated rings. The highest BCUT2D eigenvalue weighted by Gasteiger charge is 2.25. The van der Waals surface area contributed by atoms with Crippen LogP contribution in [-0.4, -0.2) is 45.4 Å². The fourth-order valence-corrected chi connectivity index (χ4v) is 4.13. The Hall–Kier alpha value is -1.08. The molecule has 0 amide bonds. The molecule has 5 nitrogen and oxygen atoms in total. The summed E-state index contributed by atoms with van der Waals surface area (Å²) in [6.07, 6.45) is 4.80. The molecular formula is C17H22ClN3O2S. The molecule has 1 aromatic heterocycles. The van der Waals surface area contributed by atoms with E-state index in [4.69, 9.17) is 21.4 Å². The lowest BCUT2D eigenvalue weighted by Gasteiger charge is -2.17. The van der Waals surface area contributed by atoms with E-state index in [2.05, 4.69) is 14.8 Å². The van der Waals surface area contributed by atoms with Crippen LogP contribution in [0, 0.1) is 0 Å². The second-order valence-corrected chi connectivity index (χ2v) is 7.25. The van der Waals surface area contributed by atoms with Crippen LogP contribution in [0.1, 0.15) is 31.7 Å². The van der Waals surface area contributed by atoms with Crippen LogP contribution in [-0.2, 0) is 4.74 Å². The minimum atomic E-state index is 0.0551. The molecular weight excluding hydrogens is 346 g/mol. The Bertz CT molecular complexity index is 659. The van der Waals surface area contributed by atoms with Crippen LogP contribution in [0.15, 0.2) is 29.4 Å². The number of hydrogen-bond donors (Lipinski definition) is 1. The predicted octanol–water partition coefficient (Wildman–Crippen LogP) is 3.81. The second-order valence-electron chi connectivity index (χ2n) is 5.78. The third-order valence-corrected chi connectivity index (χ3v) is 5.40. The number of aliphatic hydroxyl groups excluding tert-OH is 1. The summed E-state index contributed by atoms with van der Waals surface area (Å²) in [5, 5.41) is 19.2. The monoisotopic (exact) mass is 367 g/mol. The van der Waals surface area contributed by atoms with Gasteiger partial charge >= 0.3 is 0 Å². The van der Waals surface area contributed by atoms with Crippen molar-refractivity contribution in [1.29, 1.82) is 0 Å². The van der Waals surface area contributed by atoms with Crippen LogP contribution in [0.4, 0.5) is 0 Å². The van der Waals surface area contributed by atoms with E-state index >= 15 is 0 Å². The number of aliphatic hydroxyl groups is 1. The predicted molar refractivity (Wildman–Crippen MR) is 96.6 cm³/mol. The van der Waals surface area contributed by atoms with Crippen molar-refractivity contribution in [3.8, 4) is 11.4 Å². The van der Waals surface area contributed by atoms with Crippen LogP contribution in [0.25, 0.3) is 11.4 Å². The minimum Gasteiger partial charge on any atom is -0.394 e. The molecule has 0 saturated heterocycles. The first-order valence-corrected chi connectivity index (χ1v) is 9.69. The van der Waals surface area contributed by atoms with Gasteiger partial charge in [-0.25, -0.2) is 0 Å². The summed E-state index contributed by atoms with van der Waals surface area (Å²) in [4.78, 5) is 0. The van der Waals surface area contributed by atoms with E-state index < -0.39 is 0 Å². The zero-order chi connectivity index (χ0) is 16.8. The Kier molecular flexibility index (Phi) is 6.54. The lowest BCUT2D eigenvalue weighted by molar-refractivity contribution is 0.103. The van der Waals surface area contributed by atoms with Gasteiger partial charge in [-0.2, -0.15) is 0 Å². The van der Waals surface area contributed by atoms with Gasteiger partial charge in [0.2, 0.25) is 0 Å². The molecule has 2 aromatic rings. The zero-order valence-corrected chi connectivity index (χ0v) is 15.1. The topological polar surface area (TPSA) is 60.2 Å². The van der Waals surface area contributed by atoms with E-state index in [-0.39, 0.29) is 6.61 Å². The largest absolute Gasteiger partial charge is 0.394 e. The fraction of sp³-hybridized carbons (Fsp3) is 0.529. The molecule has 24 heavy (non-hydrogen) atoms. The van der Waals surface area contributed by atoms with E-state index in [0.717, 1.165) is 35.1 Å². The molecule has 1 aliphatic rings. The van der Waals surface area contributed by atoms with Gasteiger partial charge in [-0.05, 0) is 25.0 Å². The molecule has 0 aliphatic heterocycles. The highest BCUT2D eigenvalue weighted by atomic mass is 35.5. The standard InChI is InChI=1S/C17H22ClN3O2S/c18-15-8-4-3-7-14(15)16-19-20-17(24-12-11-23-10-9-22)21(16)13-5-1-2-6-13/h3-4,7-8,13,22H,1-2,5-6,9-12H2. The number of benzene rings is 1. The van der Waals surface area contributed by atoms with Gasteiger partial charge in [0.25, 0.3) is 0 Å². The van der Waals surface area contributed by atoms with Crippen molar-refractivity contribution in [3.05, 3.63) is 29.3 Å². The number of aromatic nitrogens is 3. The highest BCUT2D eigenvalue weighted by Crippen LogP contribution is 2.38. The third-order valence-electron chi connectivity index (χ3n) is 4.16.